The van der Waals surface area contributed by atoms with E-state index >= 15 is 0 Å². The van der Waals surface area contributed by atoms with E-state index in [4.69, 9.17) is 0 Å². The maximum Gasteiger partial charge on any atom is 0.194 e. The Morgan fingerprint density at radius 2 is 1.83 bits per heavy atom. The minimum absolute atomic E-state index is 0. The quantitative estimate of drug-likeness (QED) is 0.343. The molecule has 0 radical (unpaired) electrons. The summed E-state index contributed by atoms with van der Waals surface area (Å²) in [6.45, 7) is 6.60. The molecular weight excluding hydrogens is 475 g/mol. The topological polar surface area (TPSA) is 51.1 Å². The molecule has 0 spiro atoms. The van der Waals surface area contributed by atoms with E-state index < -0.39 is 6.10 Å². The van der Waals surface area contributed by atoms with E-state index in [1.807, 2.05) is 25.2 Å². The summed E-state index contributed by atoms with van der Waals surface area (Å²) >= 11 is 0. The average Bonchev–Trinajstić information content (AvgIpc) is 2.71. The van der Waals surface area contributed by atoms with Crippen molar-refractivity contribution in [2.45, 2.75) is 32.5 Å². The first-order valence-electron chi connectivity index (χ1n) is 10.2. The van der Waals surface area contributed by atoms with Gasteiger partial charge in [-0.3, -0.25) is 9.89 Å². The molecule has 0 aromatic heterocycles. The van der Waals surface area contributed by atoms with Crippen LogP contribution in [0.3, 0.4) is 0 Å². The van der Waals surface area contributed by atoms with E-state index in [-0.39, 0.29) is 24.0 Å². The summed E-state index contributed by atoms with van der Waals surface area (Å²) in [6.07, 6.45) is 0.582. The van der Waals surface area contributed by atoms with Gasteiger partial charge in [0.25, 0.3) is 0 Å². The number of benzene rings is 2. The minimum atomic E-state index is -0.468. The Labute approximate surface area is 191 Å². The van der Waals surface area contributed by atoms with Crippen LogP contribution in [0.25, 0.3) is 0 Å². The number of nitrogens with zero attached hydrogens (tertiary/aromatic N) is 3. The van der Waals surface area contributed by atoms with Gasteiger partial charge in [-0.2, -0.15) is 0 Å². The summed E-state index contributed by atoms with van der Waals surface area (Å²) < 4.78 is 0. The highest BCUT2D eigenvalue weighted by Gasteiger charge is 2.18. The molecule has 1 aliphatic rings. The highest BCUT2D eigenvalue weighted by atomic mass is 127. The summed E-state index contributed by atoms with van der Waals surface area (Å²) in [5.41, 5.74) is 4.05. The number of guanidine groups is 1. The average molecular weight is 508 g/mol. The number of hydrogen-bond donors (Lipinski definition) is 2. The Bertz CT molecular complexity index is 768. The standard InChI is InChI=1S/C23H32N4O.HI/c1-3-24-23(26(2)16-19-9-5-4-6-10-19)25-15-22(28)18-27-14-13-20-11-7-8-12-21(20)17-27;/h4-12,22,28H,3,13-18H2,1-2H3,(H,24,25);1H. The van der Waals surface area contributed by atoms with Gasteiger partial charge in [0.1, 0.15) is 0 Å². The van der Waals surface area contributed by atoms with E-state index in [1.165, 1.54) is 16.7 Å². The summed E-state index contributed by atoms with van der Waals surface area (Å²) in [5.74, 6) is 0.828. The number of halogens is 1. The van der Waals surface area contributed by atoms with E-state index in [2.05, 4.69) is 63.4 Å². The van der Waals surface area contributed by atoms with Gasteiger partial charge in [0.05, 0.1) is 12.6 Å². The van der Waals surface area contributed by atoms with E-state index in [9.17, 15) is 5.11 Å². The van der Waals surface area contributed by atoms with Gasteiger partial charge >= 0.3 is 0 Å². The zero-order chi connectivity index (χ0) is 19.8. The van der Waals surface area contributed by atoms with Crippen LogP contribution in [-0.4, -0.2) is 60.2 Å². The van der Waals surface area contributed by atoms with Gasteiger partial charge in [0.2, 0.25) is 0 Å². The number of rotatable bonds is 7. The van der Waals surface area contributed by atoms with Crippen LogP contribution in [0.15, 0.2) is 59.6 Å². The van der Waals surface area contributed by atoms with Crippen molar-refractivity contribution < 1.29 is 5.11 Å². The third kappa shape index (κ3) is 7.28. The van der Waals surface area contributed by atoms with Gasteiger partial charge in [0, 0.05) is 39.8 Å². The van der Waals surface area contributed by atoms with Gasteiger partial charge < -0.3 is 15.3 Å². The molecule has 29 heavy (non-hydrogen) atoms. The molecule has 1 atom stereocenters. The largest absolute Gasteiger partial charge is 0.390 e. The van der Waals surface area contributed by atoms with Crippen molar-refractivity contribution in [3.63, 3.8) is 0 Å². The lowest BCUT2D eigenvalue weighted by molar-refractivity contribution is 0.111. The maximum absolute atomic E-state index is 10.5. The van der Waals surface area contributed by atoms with Crippen molar-refractivity contribution in [2.24, 2.45) is 4.99 Å². The monoisotopic (exact) mass is 508 g/mol. The number of fused-ring (bicyclic) bond motifs is 1. The fraction of sp³-hybridized carbons (Fsp3) is 0.435. The second kappa shape index (κ2) is 12.1. The van der Waals surface area contributed by atoms with Crippen LogP contribution in [0.1, 0.15) is 23.6 Å². The first-order valence-corrected chi connectivity index (χ1v) is 10.2. The Hall–Kier alpha value is -1.64. The van der Waals surface area contributed by atoms with Crippen LogP contribution in [0.4, 0.5) is 0 Å². The summed E-state index contributed by atoms with van der Waals surface area (Å²) in [7, 11) is 2.03. The molecule has 6 heteroatoms. The first kappa shape index (κ1) is 23.6. The summed E-state index contributed by atoms with van der Waals surface area (Å²) in [5, 5.41) is 13.9. The number of nitrogens with one attached hydrogen (secondary N) is 1. The van der Waals surface area contributed by atoms with Crippen molar-refractivity contribution in [1.29, 1.82) is 0 Å². The second-order valence-corrected chi connectivity index (χ2v) is 7.44. The molecule has 2 N–H and O–H groups in total. The number of aliphatic hydroxyl groups is 1. The molecule has 1 aliphatic heterocycles. The van der Waals surface area contributed by atoms with Crippen molar-refractivity contribution in [3.8, 4) is 0 Å². The van der Waals surface area contributed by atoms with Gasteiger partial charge in [0.15, 0.2) is 5.96 Å². The number of aliphatic hydroxyl groups excluding tert-OH is 1. The minimum Gasteiger partial charge on any atom is -0.390 e. The SMILES string of the molecule is CCNC(=NCC(O)CN1CCc2ccccc2C1)N(C)Cc1ccccc1.I. The van der Waals surface area contributed by atoms with Crippen LogP contribution in [-0.2, 0) is 19.5 Å². The van der Waals surface area contributed by atoms with Crippen molar-refractivity contribution in [1.82, 2.24) is 15.1 Å². The molecule has 0 aliphatic carbocycles. The van der Waals surface area contributed by atoms with Crippen LogP contribution >= 0.6 is 24.0 Å². The van der Waals surface area contributed by atoms with Crippen molar-refractivity contribution in [2.75, 3.05) is 33.2 Å². The number of hydrogen-bond acceptors (Lipinski definition) is 3. The fourth-order valence-corrected chi connectivity index (χ4v) is 3.66. The first-order chi connectivity index (χ1) is 13.7. The lowest BCUT2D eigenvalue weighted by Crippen LogP contribution is -2.40. The van der Waals surface area contributed by atoms with Gasteiger partial charge in [-0.15, -0.1) is 24.0 Å². The van der Waals surface area contributed by atoms with Crippen LogP contribution in [0.2, 0.25) is 0 Å². The van der Waals surface area contributed by atoms with E-state index in [0.29, 0.717) is 13.1 Å². The molecule has 0 fully saturated rings. The van der Waals surface area contributed by atoms with Gasteiger partial charge in [-0.05, 0) is 30.0 Å². The number of β-amino-alcohol motifs (C(OH)–C–C–N with tert-alkyl or cyclic N) is 1. The third-order valence-electron chi connectivity index (χ3n) is 5.09. The lowest BCUT2D eigenvalue weighted by atomic mass is 10.00. The van der Waals surface area contributed by atoms with Crippen molar-refractivity contribution in [3.05, 3.63) is 71.3 Å². The third-order valence-corrected chi connectivity index (χ3v) is 5.09. The van der Waals surface area contributed by atoms with Crippen molar-refractivity contribution >= 4 is 29.9 Å². The Morgan fingerprint density at radius 3 is 2.55 bits per heavy atom. The molecule has 0 amide bonds. The predicted octanol–water partition coefficient (Wildman–Crippen LogP) is 3.12. The zero-order valence-electron chi connectivity index (χ0n) is 17.4. The highest BCUT2D eigenvalue weighted by molar-refractivity contribution is 14.0. The van der Waals surface area contributed by atoms with Gasteiger partial charge in [-0.1, -0.05) is 54.6 Å². The molecule has 1 unspecified atom stereocenters. The second-order valence-electron chi connectivity index (χ2n) is 7.44. The molecule has 158 valence electrons. The molecular formula is C23H33IN4O. The fourth-order valence-electron chi connectivity index (χ4n) is 3.66. The summed E-state index contributed by atoms with van der Waals surface area (Å²) in [6, 6.07) is 18.9. The molecule has 5 nitrogen and oxygen atoms in total. The number of aliphatic imine (C=N–C) groups is 1. The lowest BCUT2D eigenvalue weighted by Gasteiger charge is -2.30. The van der Waals surface area contributed by atoms with Crippen LogP contribution < -0.4 is 5.32 Å². The summed E-state index contributed by atoms with van der Waals surface area (Å²) in [4.78, 5) is 9.10. The molecule has 2 aromatic rings. The smallest absolute Gasteiger partial charge is 0.194 e. The molecule has 2 aromatic carbocycles. The van der Waals surface area contributed by atoms with E-state index in [1.54, 1.807) is 0 Å². The Kier molecular flexibility index (Phi) is 9.90. The molecule has 0 saturated carbocycles. The van der Waals surface area contributed by atoms with Crippen LogP contribution in [0, 0.1) is 0 Å². The highest BCUT2D eigenvalue weighted by Crippen LogP contribution is 2.18. The maximum atomic E-state index is 10.5. The Balaban J connectivity index is 0.00000300. The molecule has 0 bridgehead atoms. The van der Waals surface area contributed by atoms with Gasteiger partial charge in [-0.25, -0.2) is 0 Å². The normalized spacial score (nSPS) is 15.2. The predicted molar refractivity (Wildman–Crippen MR) is 131 cm³/mol. The molecule has 0 saturated heterocycles. The van der Waals surface area contributed by atoms with E-state index in [0.717, 1.165) is 38.6 Å². The zero-order valence-corrected chi connectivity index (χ0v) is 19.8. The molecule has 1 heterocycles. The molecule has 3 rings (SSSR count). The van der Waals surface area contributed by atoms with Crippen LogP contribution in [0.5, 0.6) is 0 Å². The Morgan fingerprint density at radius 1 is 1.14 bits per heavy atom.